The van der Waals surface area contributed by atoms with Crippen molar-refractivity contribution in [1.29, 1.82) is 0 Å². The van der Waals surface area contributed by atoms with Gasteiger partial charge in [0.2, 0.25) is 11.4 Å². The molecule has 3 aromatic heterocycles. The molecule has 0 saturated heterocycles. The van der Waals surface area contributed by atoms with Gasteiger partial charge in [-0.25, -0.2) is 9.55 Å². The molecule has 0 bridgehead atoms. The minimum atomic E-state index is 0.687. The molecule has 0 aliphatic rings. The molecule has 0 aliphatic carbocycles. The molecule has 0 aliphatic heterocycles. The highest BCUT2D eigenvalue weighted by atomic mass is 16.3. The van der Waals surface area contributed by atoms with Crippen molar-refractivity contribution in [2.45, 2.75) is 6.92 Å². The number of hydrogen-bond acceptors (Lipinski definition) is 2. The van der Waals surface area contributed by atoms with Gasteiger partial charge in [-0.2, -0.15) is 0 Å². The van der Waals surface area contributed by atoms with Crippen LogP contribution in [-0.2, 0) is 7.05 Å². The fraction of sp³-hybridized carbons (Fsp3) is 0.0833. The number of aromatic nitrogens is 2. The molecule has 0 spiro atoms. The first-order valence-electron chi connectivity index (χ1n) is 9.04. The van der Waals surface area contributed by atoms with Gasteiger partial charge in [-0.15, -0.1) is 0 Å². The lowest BCUT2D eigenvalue weighted by Crippen LogP contribution is -2.30. The summed E-state index contributed by atoms with van der Waals surface area (Å²) in [5, 5.41) is 2.15. The van der Waals surface area contributed by atoms with E-state index in [1.54, 1.807) is 6.20 Å². The molecular formula is C24H19N2O+. The van der Waals surface area contributed by atoms with Crippen molar-refractivity contribution in [3.63, 3.8) is 0 Å². The van der Waals surface area contributed by atoms with E-state index in [0.717, 1.165) is 16.4 Å². The van der Waals surface area contributed by atoms with Crippen LogP contribution in [0.25, 0.3) is 44.5 Å². The van der Waals surface area contributed by atoms with Crippen molar-refractivity contribution >= 4 is 22.1 Å². The second kappa shape index (κ2) is 6.06. The summed E-state index contributed by atoms with van der Waals surface area (Å²) in [5.74, 6) is 0. The van der Waals surface area contributed by atoms with Gasteiger partial charge < -0.3 is 4.42 Å². The van der Waals surface area contributed by atoms with Gasteiger partial charge in [0.05, 0.1) is 0 Å². The Morgan fingerprint density at radius 1 is 0.852 bits per heavy atom. The Bertz CT molecular complexity index is 1290. The number of fused-ring (bicyclic) bond motifs is 3. The van der Waals surface area contributed by atoms with Crippen LogP contribution in [0.4, 0.5) is 0 Å². The SMILES string of the molecule is Cc1cc2oc3ncccc3c2cc1-c1cc(-c2ccccc2)cc[n+]1C. The molecule has 3 heteroatoms. The van der Waals surface area contributed by atoms with Crippen molar-refractivity contribution in [3.8, 4) is 22.4 Å². The van der Waals surface area contributed by atoms with Gasteiger partial charge in [-0.1, -0.05) is 30.3 Å². The van der Waals surface area contributed by atoms with Gasteiger partial charge in [0.25, 0.3) is 0 Å². The highest BCUT2D eigenvalue weighted by Crippen LogP contribution is 2.33. The number of aryl methyl sites for hydroxylation is 2. The first kappa shape index (κ1) is 15.8. The fourth-order valence-corrected chi connectivity index (χ4v) is 3.68. The predicted octanol–water partition coefficient (Wildman–Crippen LogP) is 5.45. The van der Waals surface area contributed by atoms with E-state index < -0.39 is 0 Å². The number of hydrogen-bond donors (Lipinski definition) is 0. The van der Waals surface area contributed by atoms with Gasteiger partial charge >= 0.3 is 0 Å². The Morgan fingerprint density at radius 3 is 2.56 bits per heavy atom. The van der Waals surface area contributed by atoms with Crippen LogP contribution < -0.4 is 4.57 Å². The molecule has 0 amide bonds. The first-order valence-corrected chi connectivity index (χ1v) is 9.04. The third-order valence-electron chi connectivity index (χ3n) is 5.13. The lowest BCUT2D eigenvalue weighted by molar-refractivity contribution is -0.660. The summed E-state index contributed by atoms with van der Waals surface area (Å²) in [7, 11) is 2.09. The van der Waals surface area contributed by atoms with Crippen molar-refractivity contribution < 1.29 is 8.98 Å². The standard InChI is InChI=1S/C24H19N2O/c1-16-13-23-21(19-9-6-11-25-24(19)27-23)15-20(16)22-14-18(10-12-26(22)2)17-7-4-3-5-8-17/h3-15H,1-2H3/q+1. The molecule has 0 radical (unpaired) electrons. The van der Waals surface area contributed by atoms with Crippen LogP contribution in [0.3, 0.4) is 0 Å². The summed E-state index contributed by atoms with van der Waals surface area (Å²) >= 11 is 0. The number of pyridine rings is 2. The maximum atomic E-state index is 5.93. The normalized spacial score (nSPS) is 11.3. The third kappa shape index (κ3) is 2.59. The van der Waals surface area contributed by atoms with Crippen LogP contribution in [0.5, 0.6) is 0 Å². The van der Waals surface area contributed by atoms with Gasteiger partial charge in [-0.05, 0) is 47.9 Å². The van der Waals surface area contributed by atoms with E-state index in [4.69, 9.17) is 4.42 Å². The molecular weight excluding hydrogens is 332 g/mol. The molecule has 3 nitrogen and oxygen atoms in total. The van der Waals surface area contributed by atoms with Crippen LogP contribution in [-0.4, -0.2) is 4.98 Å². The van der Waals surface area contributed by atoms with E-state index in [1.807, 2.05) is 12.1 Å². The van der Waals surface area contributed by atoms with Crippen LogP contribution in [0.1, 0.15) is 5.56 Å². The quantitative estimate of drug-likeness (QED) is 0.396. The van der Waals surface area contributed by atoms with Crippen molar-refractivity contribution in [1.82, 2.24) is 4.98 Å². The van der Waals surface area contributed by atoms with E-state index in [-0.39, 0.29) is 0 Å². The third-order valence-corrected chi connectivity index (χ3v) is 5.13. The Kier molecular flexibility index (Phi) is 3.54. The smallest absolute Gasteiger partial charge is 0.227 e. The molecule has 0 unspecified atom stereocenters. The molecule has 0 fully saturated rings. The molecule has 2 aromatic carbocycles. The zero-order valence-electron chi connectivity index (χ0n) is 15.3. The van der Waals surface area contributed by atoms with Crippen LogP contribution in [0, 0.1) is 6.92 Å². The van der Waals surface area contributed by atoms with E-state index in [0.29, 0.717) is 5.71 Å². The minimum Gasteiger partial charge on any atom is -0.438 e. The molecule has 0 atom stereocenters. The molecule has 5 rings (SSSR count). The summed E-state index contributed by atoms with van der Waals surface area (Å²) in [4.78, 5) is 4.35. The van der Waals surface area contributed by atoms with Gasteiger partial charge in [0.15, 0.2) is 6.20 Å². The highest BCUT2D eigenvalue weighted by molar-refractivity contribution is 6.05. The van der Waals surface area contributed by atoms with Gasteiger partial charge in [-0.3, -0.25) is 0 Å². The average molecular weight is 351 g/mol. The highest BCUT2D eigenvalue weighted by Gasteiger charge is 2.17. The second-order valence-electron chi connectivity index (χ2n) is 6.90. The molecule has 0 saturated carbocycles. The maximum Gasteiger partial charge on any atom is 0.227 e. The molecule has 3 heterocycles. The Labute approximate surface area is 157 Å². The van der Waals surface area contributed by atoms with E-state index in [1.165, 1.54) is 27.9 Å². The first-order chi connectivity index (χ1) is 13.2. The van der Waals surface area contributed by atoms with Crippen molar-refractivity contribution in [2.24, 2.45) is 7.05 Å². The largest absolute Gasteiger partial charge is 0.438 e. The maximum absolute atomic E-state index is 5.93. The number of furan rings is 1. The van der Waals surface area contributed by atoms with E-state index in [9.17, 15) is 0 Å². The zero-order chi connectivity index (χ0) is 18.4. The Morgan fingerprint density at radius 2 is 1.70 bits per heavy atom. The zero-order valence-corrected chi connectivity index (χ0v) is 15.3. The monoisotopic (exact) mass is 351 g/mol. The summed E-state index contributed by atoms with van der Waals surface area (Å²) in [6.07, 6.45) is 3.89. The number of benzene rings is 2. The number of nitrogens with zero attached hydrogens (tertiary/aromatic N) is 2. The molecule has 0 N–H and O–H groups in total. The van der Waals surface area contributed by atoms with Crippen LogP contribution in [0.15, 0.2) is 83.5 Å². The van der Waals surface area contributed by atoms with E-state index >= 15 is 0 Å². The average Bonchev–Trinajstić information content (AvgIpc) is 3.06. The van der Waals surface area contributed by atoms with Gasteiger partial charge in [0, 0.05) is 34.7 Å². The number of rotatable bonds is 2. The lowest BCUT2D eigenvalue weighted by Gasteiger charge is -2.07. The summed E-state index contributed by atoms with van der Waals surface area (Å²) in [6.45, 7) is 2.13. The lowest BCUT2D eigenvalue weighted by atomic mass is 9.98. The summed E-state index contributed by atoms with van der Waals surface area (Å²) < 4.78 is 8.10. The summed E-state index contributed by atoms with van der Waals surface area (Å²) in [6, 6.07) is 23.2. The topological polar surface area (TPSA) is 29.9 Å². The van der Waals surface area contributed by atoms with Crippen LogP contribution >= 0.6 is 0 Å². The van der Waals surface area contributed by atoms with Crippen LogP contribution in [0.2, 0.25) is 0 Å². The van der Waals surface area contributed by atoms with E-state index in [2.05, 4.69) is 84.3 Å². The van der Waals surface area contributed by atoms with Gasteiger partial charge in [0.1, 0.15) is 12.6 Å². The fourth-order valence-electron chi connectivity index (χ4n) is 3.68. The Hall–Kier alpha value is -3.46. The minimum absolute atomic E-state index is 0.687. The van der Waals surface area contributed by atoms with Crippen molar-refractivity contribution in [2.75, 3.05) is 0 Å². The molecule has 27 heavy (non-hydrogen) atoms. The summed E-state index contributed by atoms with van der Waals surface area (Å²) in [5.41, 5.74) is 7.56. The molecule has 130 valence electrons. The predicted molar refractivity (Wildman–Crippen MR) is 108 cm³/mol. The second-order valence-corrected chi connectivity index (χ2v) is 6.90. The Balaban J connectivity index is 1.75. The molecule has 5 aromatic rings. The van der Waals surface area contributed by atoms with Crippen molar-refractivity contribution in [3.05, 3.63) is 84.7 Å².